The van der Waals surface area contributed by atoms with Crippen LogP contribution >= 0.6 is 0 Å². The van der Waals surface area contributed by atoms with Crippen molar-refractivity contribution in [1.29, 1.82) is 0 Å². The van der Waals surface area contributed by atoms with Crippen molar-refractivity contribution < 1.29 is 4.74 Å². The van der Waals surface area contributed by atoms with E-state index in [4.69, 9.17) is 4.74 Å². The number of hydrogen-bond donors (Lipinski definition) is 0. The molecule has 0 unspecified atom stereocenters. The van der Waals surface area contributed by atoms with Gasteiger partial charge in [-0.1, -0.05) is 6.07 Å². The molecule has 1 aliphatic carbocycles. The van der Waals surface area contributed by atoms with Crippen LogP contribution in [0.25, 0.3) is 0 Å². The number of methoxy groups -OCH3 is 1. The summed E-state index contributed by atoms with van der Waals surface area (Å²) in [6.45, 7) is 0.482. The van der Waals surface area contributed by atoms with Crippen molar-refractivity contribution >= 4 is 0 Å². The van der Waals surface area contributed by atoms with Crippen molar-refractivity contribution in [2.75, 3.05) is 7.11 Å². The summed E-state index contributed by atoms with van der Waals surface area (Å²) >= 11 is 0. The molecule has 0 atom stereocenters. The van der Waals surface area contributed by atoms with Gasteiger partial charge in [-0.2, -0.15) is 0 Å². The molecule has 2 aromatic heterocycles. The standard InChI is InChI=1S/C13H15N3O2/c1-18-12-4-2-3-10(14-12)9-15-7-8-16(13(15)17)11-5-6-11/h2-4,7-8,11H,5-6,9H2,1H3. The van der Waals surface area contributed by atoms with Crippen LogP contribution in [-0.4, -0.2) is 21.2 Å². The highest BCUT2D eigenvalue weighted by molar-refractivity contribution is 5.16. The van der Waals surface area contributed by atoms with Crippen molar-refractivity contribution in [2.45, 2.75) is 25.4 Å². The van der Waals surface area contributed by atoms with Crippen LogP contribution in [0.1, 0.15) is 24.6 Å². The molecule has 5 nitrogen and oxygen atoms in total. The molecule has 1 fully saturated rings. The van der Waals surface area contributed by atoms with Crippen molar-refractivity contribution in [3.63, 3.8) is 0 Å². The van der Waals surface area contributed by atoms with Gasteiger partial charge in [-0.05, 0) is 18.9 Å². The van der Waals surface area contributed by atoms with Gasteiger partial charge < -0.3 is 4.74 Å². The van der Waals surface area contributed by atoms with Crippen LogP contribution in [0.2, 0.25) is 0 Å². The van der Waals surface area contributed by atoms with Gasteiger partial charge in [-0.15, -0.1) is 0 Å². The summed E-state index contributed by atoms with van der Waals surface area (Å²) in [5.74, 6) is 0.571. The third-order valence-corrected chi connectivity index (χ3v) is 3.14. The molecule has 5 heteroatoms. The van der Waals surface area contributed by atoms with Crippen molar-refractivity contribution in [1.82, 2.24) is 14.1 Å². The molecule has 0 aromatic carbocycles. The number of nitrogens with zero attached hydrogens (tertiary/aromatic N) is 3. The molecule has 0 radical (unpaired) electrons. The Bertz CT molecular complexity index is 611. The second kappa shape index (κ2) is 4.33. The lowest BCUT2D eigenvalue weighted by Crippen LogP contribution is -2.24. The van der Waals surface area contributed by atoms with E-state index in [-0.39, 0.29) is 5.69 Å². The van der Waals surface area contributed by atoms with Crippen LogP contribution in [0.4, 0.5) is 0 Å². The Balaban J connectivity index is 1.85. The van der Waals surface area contributed by atoms with E-state index in [0.29, 0.717) is 18.5 Å². The summed E-state index contributed by atoms with van der Waals surface area (Å²) in [6.07, 6.45) is 5.91. The molecule has 0 bridgehead atoms. The van der Waals surface area contributed by atoms with Crippen LogP contribution in [0.5, 0.6) is 5.88 Å². The molecular weight excluding hydrogens is 230 g/mol. The van der Waals surface area contributed by atoms with Crippen molar-refractivity contribution in [3.05, 3.63) is 46.8 Å². The van der Waals surface area contributed by atoms with Gasteiger partial charge in [0.1, 0.15) is 0 Å². The highest BCUT2D eigenvalue weighted by atomic mass is 16.5. The average Bonchev–Trinajstić information content (AvgIpc) is 3.17. The molecule has 1 saturated carbocycles. The molecule has 3 rings (SSSR count). The van der Waals surface area contributed by atoms with Gasteiger partial charge in [0.15, 0.2) is 0 Å². The molecule has 2 aromatic rings. The van der Waals surface area contributed by atoms with E-state index in [0.717, 1.165) is 18.5 Å². The molecular formula is C13H15N3O2. The largest absolute Gasteiger partial charge is 0.481 e. The Morgan fingerprint density at radius 1 is 1.39 bits per heavy atom. The topological polar surface area (TPSA) is 49.0 Å². The fourth-order valence-corrected chi connectivity index (χ4v) is 2.01. The molecule has 0 saturated heterocycles. The summed E-state index contributed by atoms with van der Waals surface area (Å²) in [6, 6.07) is 5.98. The first-order valence-electron chi connectivity index (χ1n) is 6.05. The van der Waals surface area contributed by atoms with Crippen molar-refractivity contribution in [3.8, 4) is 5.88 Å². The lowest BCUT2D eigenvalue weighted by Gasteiger charge is -2.03. The molecule has 1 aliphatic rings. The smallest absolute Gasteiger partial charge is 0.328 e. The quantitative estimate of drug-likeness (QED) is 0.819. The zero-order chi connectivity index (χ0) is 12.5. The molecule has 0 amide bonds. The van der Waals surface area contributed by atoms with Crippen LogP contribution in [0.15, 0.2) is 35.4 Å². The predicted octanol–water partition coefficient (Wildman–Crippen LogP) is 1.44. The Kier molecular flexibility index (Phi) is 2.66. The summed E-state index contributed by atoms with van der Waals surface area (Å²) in [5, 5.41) is 0. The number of imidazole rings is 1. The third-order valence-electron chi connectivity index (χ3n) is 3.14. The summed E-state index contributed by atoms with van der Waals surface area (Å²) in [4.78, 5) is 16.4. The van der Waals surface area contributed by atoms with E-state index in [1.165, 1.54) is 0 Å². The van der Waals surface area contributed by atoms with E-state index in [9.17, 15) is 4.79 Å². The zero-order valence-electron chi connectivity index (χ0n) is 10.2. The van der Waals surface area contributed by atoms with Gasteiger partial charge in [0.2, 0.25) is 5.88 Å². The molecule has 18 heavy (non-hydrogen) atoms. The summed E-state index contributed by atoms with van der Waals surface area (Å²) in [7, 11) is 1.59. The predicted molar refractivity (Wildman–Crippen MR) is 66.9 cm³/mol. The number of ether oxygens (including phenoxy) is 1. The first kappa shape index (κ1) is 11.1. The maximum Gasteiger partial charge on any atom is 0.328 e. The fourth-order valence-electron chi connectivity index (χ4n) is 2.01. The number of rotatable bonds is 4. The van der Waals surface area contributed by atoms with E-state index < -0.39 is 0 Å². The van der Waals surface area contributed by atoms with Crippen LogP contribution in [0, 0.1) is 0 Å². The third kappa shape index (κ3) is 2.03. The molecule has 0 spiro atoms. The van der Waals surface area contributed by atoms with Crippen LogP contribution in [-0.2, 0) is 6.54 Å². The Hall–Kier alpha value is -2.04. The first-order valence-corrected chi connectivity index (χ1v) is 6.05. The monoisotopic (exact) mass is 245 g/mol. The van der Waals surface area contributed by atoms with Gasteiger partial charge >= 0.3 is 5.69 Å². The Morgan fingerprint density at radius 3 is 2.94 bits per heavy atom. The lowest BCUT2D eigenvalue weighted by molar-refractivity contribution is 0.395. The normalized spacial score (nSPS) is 14.7. The van der Waals surface area contributed by atoms with Crippen LogP contribution in [0.3, 0.4) is 0 Å². The fraction of sp³-hybridized carbons (Fsp3) is 0.385. The number of pyridine rings is 1. The first-order chi connectivity index (χ1) is 8.78. The second-order valence-electron chi connectivity index (χ2n) is 4.52. The Morgan fingerprint density at radius 2 is 2.22 bits per heavy atom. The number of aromatic nitrogens is 3. The molecule has 0 aliphatic heterocycles. The minimum absolute atomic E-state index is 0.0436. The molecule has 0 N–H and O–H groups in total. The Labute approximate surface area is 105 Å². The van der Waals surface area contributed by atoms with E-state index >= 15 is 0 Å². The van der Waals surface area contributed by atoms with Gasteiger partial charge in [0.25, 0.3) is 0 Å². The van der Waals surface area contributed by atoms with Gasteiger partial charge in [-0.3, -0.25) is 9.13 Å². The van der Waals surface area contributed by atoms with Gasteiger partial charge in [0.05, 0.1) is 19.3 Å². The van der Waals surface area contributed by atoms with Gasteiger partial charge in [-0.25, -0.2) is 9.78 Å². The SMILES string of the molecule is COc1cccc(Cn2ccn(C3CC3)c2=O)n1. The highest BCUT2D eigenvalue weighted by Gasteiger charge is 2.25. The minimum atomic E-state index is 0.0436. The summed E-state index contributed by atoms with van der Waals surface area (Å²) < 4.78 is 8.56. The molecule has 94 valence electrons. The maximum atomic E-state index is 12.1. The average molecular weight is 245 g/mol. The minimum Gasteiger partial charge on any atom is -0.481 e. The van der Waals surface area contributed by atoms with Gasteiger partial charge in [0, 0.05) is 24.5 Å². The second-order valence-corrected chi connectivity index (χ2v) is 4.52. The van der Waals surface area contributed by atoms with E-state index in [1.54, 1.807) is 22.3 Å². The highest BCUT2D eigenvalue weighted by Crippen LogP contribution is 2.33. The summed E-state index contributed by atoms with van der Waals surface area (Å²) in [5.41, 5.74) is 0.868. The number of hydrogen-bond acceptors (Lipinski definition) is 3. The maximum absolute atomic E-state index is 12.1. The molecule has 2 heterocycles. The zero-order valence-corrected chi connectivity index (χ0v) is 10.2. The van der Waals surface area contributed by atoms with E-state index in [1.807, 2.05) is 24.5 Å². The van der Waals surface area contributed by atoms with Crippen LogP contribution < -0.4 is 10.4 Å². The lowest BCUT2D eigenvalue weighted by atomic mass is 10.3. The van der Waals surface area contributed by atoms with Crippen molar-refractivity contribution in [2.24, 2.45) is 0 Å². The van der Waals surface area contributed by atoms with E-state index in [2.05, 4.69) is 4.98 Å².